The Hall–Kier alpha value is -5.92. The monoisotopic (exact) mass is 830 g/mol. The fraction of sp³-hybridized carbons (Fsp3) is 0.489. The first-order valence-corrected chi connectivity index (χ1v) is 21.5. The van der Waals surface area contributed by atoms with Crippen molar-refractivity contribution in [1.29, 1.82) is 0 Å². The number of carbonyl (C=O) groups excluding carboxylic acids is 4. The maximum atomic E-state index is 13.9. The van der Waals surface area contributed by atoms with Gasteiger partial charge in [0, 0.05) is 71.5 Å². The van der Waals surface area contributed by atoms with Crippen LogP contribution < -0.4 is 20.1 Å². The number of amides is 4. The summed E-state index contributed by atoms with van der Waals surface area (Å²) < 4.78 is 22.5. The topological polar surface area (TPSA) is 160 Å². The van der Waals surface area contributed by atoms with Crippen molar-refractivity contribution < 1.29 is 38.1 Å². The molecule has 6 atom stereocenters. The number of hydrogen-bond donors (Lipinski definition) is 2. The SMILES string of the molecule is COC(=O)N[C@H](C(=O)N1CCC[C@H]1C1=NC=C(c2ccc3c(c2)OCC2=C3COc3cc(C4=CN=C([C@@H]5C[C@H]6C[C@H]6N5C(=O)[C@@H](NC(=O)OC)C(C)C)C4)ccc32)C1)C(C)C. The number of nitrogens with zero attached hydrogens (tertiary/aromatic N) is 4. The van der Waals surface area contributed by atoms with Gasteiger partial charge in [0.05, 0.1) is 26.3 Å². The molecule has 1 aliphatic carbocycles. The maximum Gasteiger partial charge on any atom is 0.407 e. The van der Waals surface area contributed by atoms with Crippen LogP contribution in [0.3, 0.4) is 0 Å². The first-order valence-electron chi connectivity index (χ1n) is 21.5. The van der Waals surface area contributed by atoms with Gasteiger partial charge in [0.15, 0.2) is 0 Å². The number of piperidine rings is 1. The number of aliphatic imine (C=N–C) groups is 2. The number of ether oxygens (including phenoxy) is 4. The highest BCUT2D eigenvalue weighted by molar-refractivity contribution is 6.06. The van der Waals surface area contributed by atoms with Crippen LogP contribution in [0.4, 0.5) is 9.59 Å². The summed E-state index contributed by atoms with van der Waals surface area (Å²) in [6, 6.07) is 11.3. The largest absolute Gasteiger partial charge is 0.488 e. The van der Waals surface area contributed by atoms with Gasteiger partial charge < -0.3 is 39.4 Å². The lowest BCUT2D eigenvalue weighted by atomic mass is 9.88. The molecule has 0 bridgehead atoms. The number of alkyl carbamates (subject to hydrolysis) is 2. The minimum Gasteiger partial charge on any atom is -0.488 e. The van der Waals surface area contributed by atoms with Crippen molar-refractivity contribution in [2.24, 2.45) is 27.7 Å². The van der Waals surface area contributed by atoms with Crippen molar-refractivity contribution >= 4 is 57.7 Å². The van der Waals surface area contributed by atoms with Gasteiger partial charge >= 0.3 is 12.2 Å². The van der Waals surface area contributed by atoms with Gasteiger partial charge in [-0.3, -0.25) is 19.6 Å². The third-order valence-corrected chi connectivity index (χ3v) is 13.4. The Morgan fingerprint density at radius 1 is 0.721 bits per heavy atom. The second-order valence-corrected chi connectivity index (χ2v) is 17.8. The van der Waals surface area contributed by atoms with Gasteiger partial charge in [-0.2, -0.15) is 0 Å². The van der Waals surface area contributed by atoms with Crippen LogP contribution in [0.25, 0.3) is 22.3 Å². The molecule has 0 radical (unpaired) electrons. The van der Waals surface area contributed by atoms with Crippen molar-refractivity contribution in [3.05, 3.63) is 71.1 Å². The second-order valence-electron chi connectivity index (χ2n) is 17.8. The van der Waals surface area contributed by atoms with Crippen LogP contribution in [0.5, 0.6) is 11.5 Å². The highest BCUT2D eigenvalue weighted by Crippen LogP contribution is 2.50. The molecule has 2 aromatic rings. The number of hydrogen-bond acceptors (Lipinski definition) is 10. The summed E-state index contributed by atoms with van der Waals surface area (Å²) in [5, 5.41) is 5.48. The molecule has 7 aliphatic rings. The van der Waals surface area contributed by atoms with E-state index >= 15 is 0 Å². The fourth-order valence-electron chi connectivity index (χ4n) is 9.98. The van der Waals surface area contributed by atoms with Gasteiger partial charge in [-0.05, 0) is 77.8 Å². The Bertz CT molecular complexity index is 2340. The molecule has 0 unspecified atom stereocenters. The van der Waals surface area contributed by atoms with Crippen molar-refractivity contribution in [3.63, 3.8) is 0 Å². The molecule has 14 heteroatoms. The van der Waals surface area contributed by atoms with E-state index in [1.54, 1.807) is 0 Å². The van der Waals surface area contributed by atoms with Gasteiger partial charge in [-0.25, -0.2) is 9.59 Å². The van der Waals surface area contributed by atoms with Crippen molar-refractivity contribution in [2.75, 3.05) is 34.0 Å². The van der Waals surface area contributed by atoms with E-state index in [-0.39, 0.29) is 41.8 Å². The maximum absolute atomic E-state index is 13.9. The average molecular weight is 831 g/mol. The average Bonchev–Trinajstić information content (AvgIpc) is 3.81. The molecule has 2 aromatic carbocycles. The molecular formula is C47H54N6O8. The lowest BCUT2D eigenvalue weighted by Crippen LogP contribution is -2.54. The minimum absolute atomic E-state index is 0.0714. The molecule has 320 valence electrons. The highest BCUT2D eigenvalue weighted by Gasteiger charge is 2.56. The summed E-state index contributed by atoms with van der Waals surface area (Å²) in [4.78, 5) is 65.2. The number of benzene rings is 2. The zero-order valence-electron chi connectivity index (χ0n) is 35.7. The van der Waals surface area contributed by atoms with Crippen molar-refractivity contribution in [3.8, 4) is 11.5 Å². The first-order chi connectivity index (χ1) is 29.4. The van der Waals surface area contributed by atoms with Gasteiger partial charge in [-0.15, -0.1) is 0 Å². The third kappa shape index (κ3) is 7.48. The Morgan fingerprint density at radius 3 is 1.77 bits per heavy atom. The molecule has 0 aromatic heterocycles. The van der Waals surface area contributed by atoms with Crippen LogP contribution in [-0.2, 0) is 19.1 Å². The van der Waals surface area contributed by atoms with Crippen LogP contribution >= 0.6 is 0 Å². The molecule has 2 saturated heterocycles. The molecule has 6 heterocycles. The van der Waals surface area contributed by atoms with E-state index in [4.69, 9.17) is 28.9 Å². The standard InChI is InChI=1S/C47H54N6O8/c1-24(2)42(50-46(56)58-5)44(54)52-13-7-8-37(52)35-14-29(20-48-35)26-9-11-31-33-23-61-41-19-27(10-12-32(41)34(33)22-60-40(31)18-26)30-15-36(49-21-30)39-17-28-16-38(28)53(39)45(55)43(25(3)4)51-47(57)59-6/h9-12,18-21,24-25,28,37-39,42-43H,7-8,13-17,22-23H2,1-6H3,(H,50,56)(H,51,57)/t28-,37+,38-,39+,42+,43+/m1/s1. The van der Waals surface area contributed by atoms with Gasteiger partial charge in [-0.1, -0.05) is 52.0 Å². The number of carbonyl (C=O) groups is 4. The van der Waals surface area contributed by atoms with Crippen molar-refractivity contribution in [2.45, 2.75) is 96.4 Å². The smallest absolute Gasteiger partial charge is 0.407 e. The van der Waals surface area contributed by atoms with E-state index in [0.717, 1.165) is 93.2 Å². The normalized spacial score (nSPS) is 24.3. The third-order valence-electron chi connectivity index (χ3n) is 13.4. The molecule has 61 heavy (non-hydrogen) atoms. The van der Waals surface area contributed by atoms with E-state index in [2.05, 4.69) is 47.0 Å². The first kappa shape index (κ1) is 40.5. The molecule has 1 saturated carbocycles. The van der Waals surface area contributed by atoms with E-state index in [9.17, 15) is 19.2 Å². The van der Waals surface area contributed by atoms with Crippen LogP contribution in [-0.4, -0.2) is 109 Å². The number of nitrogens with one attached hydrogen (secondary N) is 2. The lowest BCUT2D eigenvalue weighted by Gasteiger charge is -2.33. The number of methoxy groups -OCH3 is 2. The molecule has 0 spiro atoms. The Labute approximate surface area is 356 Å². The number of fused-ring (bicyclic) bond motifs is 5. The highest BCUT2D eigenvalue weighted by atomic mass is 16.5. The van der Waals surface area contributed by atoms with E-state index in [1.165, 1.54) is 14.2 Å². The van der Waals surface area contributed by atoms with Crippen LogP contribution in [0.15, 0.2) is 58.8 Å². The summed E-state index contributed by atoms with van der Waals surface area (Å²) in [6.07, 6.45) is 7.46. The van der Waals surface area contributed by atoms with Crippen LogP contribution in [0.2, 0.25) is 0 Å². The van der Waals surface area contributed by atoms with E-state index in [1.807, 2.05) is 49.9 Å². The fourth-order valence-corrected chi connectivity index (χ4v) is 9.98. The summed E-state index contributed by atoms with van der Waals surface area (Å²) in [5.74, 6) is 1.71. The molecule has 14 nitrogen and oxygen atoms in total. The zero-order chi connectivity index (χ0) is 42.7. The Kier molecular flexibility index (Phi) is 10.7. The molecular weight excluding hydrogens is 777 g/mol. The molecule has 6 aliphatic heterocycles. The minimum atomic E-state index is -0.674. The summed E-state index contributed by atoms with van der Waals surface area (Å²) in [6.45, 7) is 9.16. The summed E-state index contributed by atoms with van der Waals surface area (Å²) in [7, 11) is 2.61. The second kappa shape index (κ2) is 16.2. The number of allylic oxidation sites excluding steroid dienone is 2. The zero-order valence-corrected chi connectivity index (χ0v) is 35.7. The Morgan fingerprint density at radius 2 is 1.25 bits per heavy atom. The predicted molar refractivity (Wildman–Crippen MR) is 231 cm³/mol. The summed E-state index contributed by atoms with van der Waals surface area (Å²) >= 11 is 0. The van der Waals surface area contributed by atoms with Crippen molar-refractivity contribution in [1.82, 2.24) is 20.4 Å². The summed E-state index contributed by atoms with van der Waals surface area (Å²) in [5.41, 5.74) is 10.4. The molecule has 2 N–H and O–H groups in total. The van der Waals surface area contributed by atoms with Gasteiger partial charge in [0.25, 0.3) is 0 Å². The van der Waals surface area contributed by atoms with E-state index < -0.39 is 24.3 Å². The molecule has 9 rings (SSSR count). The van der Waals surface area contributed by atoms with Gasteiger partial charge in [0.1, 0.15) is 36.8 Å². The predicted octanol–water partition coefficient (Wildman–Crippen LogP) is 6.50. The lowest BCUT2D eigenvalue weighted by molar-refractivity contribution is -0.135. The number of rotatable bonds is 10. The van der Waals surface area contributed by atoms with E-state index in [0.29, 0.717) is 38.5 Å². The van der Waals surface area contributed by atoms with Crippen LogP contribution in [0.1, 0.15) is 88.5 Å². The van der Waals surface area contributed by atoms with Gasteiger partial charge in [0.2, 0.25) is 11.8 Å². The number of likely N-dealkylation sites (tertiary alicyclic amines) is 2. The molecule has 4 amide bonds. The Balaban J connectivity index is 0.855. The molecule has 3 fully saturated rings. The van der Waals surface area contributed by atoms with Crippen LogP contribution in [0, 0.1) is 17.8 Å². The quantitative estimate of drug-likeness (QED) is 0.275.